The molecule has 0 fully saturated rings. The Balaban J connectivity index is 4.68. The van der Waals surface area contributed by atoms with Crippen molar-refractivity contribution < 1.29 is 114 Å². The van der Waals surface area contributed by atoms with Crippen molar-refractivity contribution in [1.29, 1.82) is 0 Å². The first-order chi connectivity index (χ1) is 51.0. The molecule has 0 unspecified atom stereocenters. The van der Waals surface area contributed by atoms with Crippen molar-refractivity contribution in [1.82, 2.24) is 40.0 Å². The van der Waals surface area contributed by atoms with Crippen LogP contribution in [-0.4, -0.2) is 293 Å². The van der Waals surface area contributed by atoms with Crippen LogP contribution < -0.4 is 10.6 Å². The summed E-state index contributed by atoms with van der Waals surface area (Å²) in [6.07, 6.45) is 0. The van der Waals surface area contributed by atoms with E-state index >= 15 is 9.59 Å². The van der Waals surface area contributed by atoms with Crippen molar-refractivity contribution in [2.24, 2.45) is 5.92 Å². The molecule has 0 spiro atoms. The van der Waals surface area contributed by atoms with E-state index in [-0.39, 0.29) is 32.8 Å². The predicted octanol–water partition coefficient (Wildman–Crippen LogP) is 6.54. The lowest BCUT2D eigenvalue weighted by Crippen LogP contribution is -2.59. The molecule has 1 aromatic carbocycles. The molecule has 32 heteroatoms. The maximum absolute atomic E-state index is 15.8. The van der Waals surface area contributed by atoms with Gasteiger partial charge in [-0.3, -0.25) is 91.7 Å². The molecule has 0 saturated carbocycles. The average Bonchev–Trinajstić information content (AvgIpc) is 0.833. The first-order valence-electron chi connectivity index (χ1n) is 38.3. The summed E-state index contributed by atoms with van der Waals surface area (Å²) in [5.41, 5.74) is -9.78. The summed E-state index contributed by atoms with van der Waals surface area (Å²) in [6, 6.07) is 5.13. The van der Waals surface area contributed by atoms with Gasteiger partial charge in [0.2, 0.25) is 11.8 Å². The summed E-state index contributed by atoms with van der Waals surface area (Å²) in [6.45, 7) is 39.4. The molecule has 113 heavy (non-hydrogen) atoms. The van der Waals surface area contributed by atoms with Crippen LogP contribution in [0.1, 0.15) is 213 Å². The number of nitrogens with zero attached hydrogens (tertiary/aromatic N) is 6. The Morgan fingerprint density at radius 2 is 0.478 bits per heavy atom. The molecule has 0 aliphatic carbocycles. The number of benzene rings is 1. The summed E-state index contributed by atoms with van der Waals surface area (Å²) >= 11 is 0. The Hall–Kier alpha value is -7.91. The largest absolute Gasteiger partial charge is 0.460 e. The molecule has 2 amide bonds. The molecule has 0 saturated heterocycles. The highest BCUT2D eigenvalue weighted by molar-refractivity contribution is 5.87. The van der Waals surface area contributed by atoms with E-state index in [9.17, 15) is 52.7 Å². The number of rotatable bonds is 41. The molecular weight excluding hydrogens is 1470 g/mol. The molecule has 32 nitrogen and oxygen atoms in total. The van der Waals surface area contributed by atoms with Crippen LogP contribution in [0.4, 0.5) is 0 Å². The maximum Gasteiger partial charge on any atom is 0.320 e. The van der Waals surface area contributed by atoms with Gasteiger partial charge in [0.1, 0.15) is 74.7 Å². The highest BCUT2D eigenvalue weighted by Crippen LogP contribution is 2.21. The van der Waals surface area contributed by atoms with Gasteiger partial charge < -0.3 is 62.7 Å². The number of esters is 11. The van der Waals surface area contributed by atoms with Gasteiger partial charge in [0.15, 0.2) is 0 Å². The minimum atomic E-state index is -1.70. The normalized spacial score (nSPS) is 13.4. The summed E-state index contributed by atoms with van der Waals surface area (Å²) in [7, 11) is 0. The van der Waals surface area contributed by atoms with Crippen LogP contribution in [0, 0.1) is 5.92 Å². The lowest BCUT2D eigenvalue weighted by Gasteiger charge is -2.36. The highest BCUT2D eigenvalue weighted by atomic mass is 16.6. The second-order valence-corrected chi connectivity index (χ2v) is 37.9. The van der Waals surface area contributed by atoms with E-state index in [2.05, 4.69) is 10.6 Å². The van der Waals surface area contributed by atoms with Crippen molar-refractivity contribution in [2.45, 2.75) is 282 Å². The predicted molar refractivity (Wildman–Crippen MR) is 421 cm³/mol. The fourth-order valence-electron chi connectivity index (χ4n) is 10.5. The number of nitrogens with one attached hydrogen (secondary N) is 2. The van der Waals surface area contributed by atoms with Crippen molar-refractivity contribution in [3.05, 3.63) is 35.9 Å². The smallest absolute Gasteiger partial charge is 0.320 e. The van der Waals surface area contributed by atoms with Crippen molar-refractivity contribution in [3.8, 4) is 0 Å². The van der Waals surface area contributed by atoms with Gasteiger partial charge in [0.05, 0.1) is 71.4 Å². The Labute approximate surface area is 671 Å². The maximum atomic E-state index is 15.8. The van der Waals surface area contributed by atoms with Crippen LogP contribution in [0.15, 0.2) is 30.3 Å². The van der Waals surface area contributed by atoms with E-state index in [1.54, 1.807) is 238 Å². The Morgan fingerprint density at radius 3 is 0.690 bits per heavy atom. The quantitative estimate of drug-likeness (QED) is 0.0518. The molecule has 1 aromatic rings. The second-order valence-electron chi connectivity index (χ2n) is 37.9. The van der Waals surface area contributed by atoms with E-state index in [0.29, 0.717) is 5.56 Å². The standard InChI is InChI=1S/C81H138N8O24/c1-72(2,3)104-59(90)44-84(36-38-86(46-61(92)106-74(7,8)9)47-62(93)107-75(10,11)12)42-57(88(50-65(96)110-78(19,20)21)51-66(97)111-79(22,23)24)69(100)82-40-56(71(102)103-54-55-34-32-31-33-35-55)41-83-70(101)58(89(52-67(98)112-80(25,26)27)53-68(99)113-81(28,29)30)43-85(45-60(91)105-73(4,5)6)37-39-87(48-63(94)108-76(13,14)15)49-64(95)109-77(16,17)18/h31-35,56-58H,36-54H2,1-30H3,(H,82,100)(H,83,101)/t57-,58-/m0/s1. The van der Waals surface area contributed by atoms with Gasteiger partial charge in [0, 0.05) is 52.4 Å². The van der Waals surface area contributed by atoms with Crippen molar-refractivity contribution in [2.75, 3.05) is 118 Å². The van der Waals surface area contributed by atoms with E-state index in [4.69, 9.17) is 52.1 Å². The first kappa shape index (κ1) is 103. The van der Waals surface area contributed by atoms with Gasteiger partial charge in [-0.25, -0.2) is 0 Å². The van der Waals surface area contributed by atoms with Crippen LogP contribution in [0.3, 0.4) is 0 Å². The fourth-order valence-corrected chi connectivity index (χ4v) is 10.5. The Morgan fingerprint density at radius 1 is 0.283 bits per heavy atom. The van der Waals surface area contributed by atoms with Crippen LogP contribution in [0.25, 0.3) is 0 Å². The summed E-state index contributed by atoms with van der Waals surface area (Å²) < 4.78 is 63.2. The van der Waals surface area contributed by atoms with Crippen LogP contribution in [-0.2, 0) is 121 Å². The number of hydrogen-bond donors (Lipinski definition) is 2. The molecule has 646 valence electrons. The van der Waals surface area contributed by atoms with Gasteiger partial charge in [-0.2, -0.15) is 0 Å². The molecule has 0 radical (unpaired) electrons. The molecule has 2 N–H and O–H groups in total. The minimum Gasteiger partial charge on any atom is -0.460 e. The van der Waals surface area contributed by atoms with Gasteiger partial charge in [-0.15, -0.1) is 0 Å². The highest BCUT2D eigenvalue weighted by Gasteiger charge is 2.40. The second kappa shape index (κ2) is 44.3. The molecule has 0 aliphatic rings. The molecule has 0 aliphatic heterocycles. The molecular formula is C81H138N8O24. The van der Waals surface area contributed by atoms with Crippen molar-refractivity contribution in [3.63, 3.8) is 0 Å². The summed E-state index contributed by atoms with van der Waals surface area (Å²) in [4.78, 5) is 194. The lowest BCUT2D eigenvalue weighted by molar-refractivity contribution is -0.164. The molecule has 0 bridgehead atoms. The SMILES string of the molecule is CC(C)(C)OC(=O)CN(CCN(CC(=O)OC(C)(C)C)C[C@@H](C(=O)NCC(CNC(=O)[C@H](CN(CCN(CC(=O)OC(C)(C)C)CC(=O)OC(C)(C)C)CC(=O)OC(C)(C)C)N(CC(=O)OC(C)(C)C)CC(=O)OC(C)(C)C)C(=O)OCc1ccccc1)N(CC(=O)OC(C)(C)C)CC(=O)OC(C)(C)C)CC(=O)OC(C)(C)C. The summed E-state index contributed by atoms with van der Waals surface area (Å²) in [5.74, 6) is -12.6. The third-order valence-electron chi connectivity index (χ3n) is 14.1. The molecule has 2 atom stereocenters. The zero-order chi connectivity index (χ0) is 87.4. The van der Waals surface area contributed by atoms with Crippen LogP contribution in [0.5, 0.6) is 0 Å². The number of hydrogen-bond acceptors (Lipinski definition) is 30. The van der Waals surface area contributed by atoms with E-state index in [1.165, 1.54) is 19.6 Å². The zero-order valence-corrected chi connectivity index (χ0v) is 73.5. The lowest BCUT2D eigenvalue weighted by atomic mass is 10.1. The number of carbonyl (C=O) groups excluding carboxylic acids is 13. The van der Waals surface area contributed by atoms with Gasteiger partial charge in [-0.1, -0.05) is 30.3 Å². The van der Waals surface area contributed by atoms with E-state index in [0.717, 1.165) is 9.80 Å². The minimum absolute atomic E-state index is 0.184. The van der Waals surface area contributed by atoms with Gasteiger partial charge >= 0.3 is 65.7 Å². The number of ether oxygens (including phenoxy) is 11. The molecule has 1 rings (SSSR count). The van der Waals surface area contributed by atoms with Crippen LogP contribution >= 0.6 is 0 Å². The van der Waals surface area contributed by atoms with Gasteiger partial charge in [0.25, 0.3) is 0 Å². The number of carbonyl (C=O) groups is 13. The van der Waals surface area contributed by atoms with E-state index in [1.807, 2.05) is 0 Å². The third-order valence-corrected chi connectivity index (χ3v) is 14.1. The van der Waals surface area contributed by atoms with Gasteiger partial charge in [-0.05, 0) is 213 Å². The first-order valence-corrected chi connectivity index (χ1v) is 38.3. The topological polar surface area (TPSA) is 367 Å². The average molecular weight is 1610 g/mol. The molecule has 0 aromatic heterocycles. The zero-order valence-electron chi connectivity index (χ0n) is 73.5. The Bertz CT molecular complexity index is 2980. The van der Waals surface area contributed by atoms with Crippen LogP contribution in [0.2, 0.25) is 0 Å². The number of amides is 2. The summed E-state index contributed by atoms with van der Waals surface area (Å²) in [5, 5.41) is 5.58. The molecule has 0 heterocycles. The fraction of sp³-hybridized carbons (Fsp3) is 0.765. The van der Waals surface area contributed by atoms with E-state index < -0.39 is 243 Å². The van der Waals surface area contributed by atoms with Crippen molar-refractivity contribution >= 4 is 77.5 Å². The third kappa shape index (κ3) is 53.0. The monoisotopic (exact) mass is 1610 g/mol. The Kier molecular flexibility index (Phi) is 40.4.